The van der Waals surface area contributed by atoms with Crippen molar-refractivity contribution >= 4 is 19.7 Å². The van der Waals surface area contributed by atoms with Gasteiger partial charge in [-0.2, -0.15) is 0 Å². The maximum absolute atomic E-state index is 12.7. The Hall–Kier alpha value is 0.1000. The third-order valence-electron chi connectivity index (χ3n) is 2.91. The number of hydrogen-bond donors (Lipinski definition) is 0. The smallest absolute Gasteiger partial charge is 0.212 e. The van der Waals surface area contributed by atoms with E-state index < -0.39 is 20.4 Å². The standard InChI is InChI=1S/C8H13ClF2O2S/c1-6(2)7(5-14(9,12)13)3-8(10,11)4-7/h6H,3-5H2,1-2H3. The molecule has 1 rings (SSSR count). The van der Waals surface area contributed by atoms with Crippen LogP contribution in [0.15, 0.2) is 0 Å². The summed E-state index contributed by atoms with van der Waals surface area (Å²) in [5.41, 5.74) is -0.829. The predicted octanol–water partition coefficient (Wildman–Crippen LogP) is 2.63. The van der Waals surface area contributed by atoms with Crippen LogP contribution in [0.2, 0.25) is 0 Å². The van der Waals surface area contributed by atoms with E-state index in [2.05, 4.69) is 0 Å². The van der Waals surface area contributed by atoms with Crippen LogP contribution in [0, 0.1) is 11.3 Å². The van der Waals surface area contributed by atoms with Gasteiger partial charge in [-0.1, -0.05) is 13.8 Å². The van der Waals surface area contributed by atoms with Crippen molar-refractivity contribution in [2.24, 2.45) is 11.3 Å². The molecule has 14 heavy (non-hydrogen) atoms. The molecule has 0 aromatic heterocycles. The third kappa shape index (κ3) is 2.57. The fourth-order valence-electron chi connectivity index (χ4n) is 2.00. The molecular weight excluding hydrogens is 234 g/mol. The zero-order valence-corrected chi connectivity index (χ0v) is 9.63. The molecule has 0 atom stereocenters. The molecular formula is C8H13ClF2O2S. The van der Waals surface area contributed by atoms with Gasteiger partial charge >= 0.3 is 0 Å². The Morgan fingerprint density at radius 3 is 2.00 bits per heavy atom. The van der Waals surface area contributed by atoms with E-state index >= 15 is 0 Å². The maximum Gasteiger partial charge on any atom is 0.249 e. The summed E-state index contributed by atoms with van der Waals surface area (Å²) in [4.78, 5) is 0. The highest BCUT2D eigenvalue weighted by molar-refractivity contribution is 8.13. The Balaban J connectivity index is 2.79. The molecule has 0 unspecified atom stereocenters. The van der Waals surface area contributed by atoms with Crippen LogP contribution in [0.1, 0.15) is 26.7 Å². The minimum Gasteiger partial charge on any atom is -0.212 e. The monoisotopic (exact) mass is 246 g/mol. The number of rotatable bonds is 3. The summed E-state index contributed by atoms with van der Waals surface area (Å²) >= 11 is 0. The first kappa shape index (κ1) is 12.2. The molecule has 84 valence electrons. The molecule has 0 amide bonds. The quantitative estimate of drug-likeness (QED) is 0.718. The second-order valence-electron chi connectivity index (χ2n) is 4.41. The van der Waals surface area contributed by atoms with E-state index in [0.29, 0.717) is 0 Å². The normalized spacial score (nSPS) is 24.7. The van der Waals surface area contributed by atoms with Gasteiger partial charge in [0.05, 0.1) is 5.75 Å². The van der Waals surface area contributed by atoms with E-state index in [0.717, 1.165) is 0 Å². The SMILES string of the molecule is CC(C)C1(CS(=O)(=O)Cl)CC(F)(F)C1. The second-order valence-corrected chi connectivity index (χ2v) is 7.19. The highest BCUT2D eigenvalue weighted by Gasteiger charge is 2.59. The lowest BCUT2D eigenvalue weighted by Gasteiger charge is -2.49. The second kappa shape index (κ2) is 3.30. The van der Waals surface area contributed by atoms with Crippen molar-refractivity contribution in [2.45, 2.75) is 32.6 Å². The van der Waals surface area contributed by atoms with E-state index in [4.69, 9.17) is 10.7 Å². The molecule has 0 saturated heterocycles. The maximum atomic E-state index is 12.7. The van der Waals surface area contributed by atoms with Crippen LogP contribution >= 0.6 is 10.7 Å². The van der Waals surface area contributed by atoms with Crippen molar-refractivity contribution in [3.05, 3.63) is 0 Å². The van der Waals surface area contributed by atoms with E-state index in [1.54, 1.807) is 13.8 Å². The summed E-state index contributed by atoms with van der Waals surface area (Å²) < 4.78 is 47.2. The van der Waals surface area contributed by atoms with Gasteiger partial charge in [-0.05, 0) is 11.3 Å². The zero-order chi connectivity index (χ0) is 11.2. The minimum absolute atomic E-state index is 0.101. The largest absolute Gasteiger partial charge is 0.249 e. The van der Waals surface area contributed by atoms with Crippen LogP contribution in [0.25, 0.3) is 0 Å². The molecule has 1 aliphatic rings. The topological polar surface area (TPSA) is 34.1 Å². The first-order valence-electron chi connectivity index (χ1n) is 4.37. The van der Waals surface area contributed by atoms with Gasteiger partial charge < -0.3 is 0 Å². The Bertz CT molecular complexity index is 316. The summed E-state index contributed by atoms with van der Waals surface area (Å²) in [6.45, 7) is 3.49. The van der Waals surface area contributed by atoms with E-state index in [9.17, 15) is 17.2 Å². The van der Waals surface area contributed by atoms with Gasteiger partial charge in [0.15, 0.2) is 0 Å². The molecule has 0 bridgehead atoms. The van der Waals surface area contributed by atoms with E-state index in [1.165, 1.54) is 0 Å². The summed E-state index contributed by atoms with van der Waals surface area (Å²) in [7, 11) is 1.40. The average Bonchev–Trinajstić information content (AvgIpc) is 1.77. The van der Waals surface area contributed by atoms with Gasteiger partial charge in [0.25, 0.3) is 0 Å². The molecule has 0 radical (unpaired) electrons. The Morgan fingerprint density at radius 1 is 1.36 bits per heavy atom. The summed E-state index contributed by atoms with van der Waals surface area (Å²) in [5.74, 6) is -3.17. The van der Waals surface area contributed by atoms with Crippen molar-refractivity contribution < 1.29 is 17.2 Å². The Kier molecular flexibility index (Phi) is 2.87. The molecule has 0 aliphatic heterocycles. The lowest BCUT2D eigenvalue weighted by atomic mass is 9.61. The highest BCUT2D eigenvalue weighted by Crippen LogP contribution is 2.56. The zero-order valence-electron chi connectivity index (χ0n) is 8.06. The van der Waals surface area contributed by atoms with Gasteiger partial charge in [0.2, 0.25) is 15.0 Å². The molecule has 0 N–H and O–H groups in total. The third-order valence-corrected chi connectivity index (χ3v) is 4.15. The molecule has 0 aromatic rings. The van der Waals surface area contributed by atoms with Crippen LogP contribution in [0.4, 0.5) is 8.78 Å². The number of alkyl halides is 2. The summed E-state index contributed by atoms with van der Waals surface area (Å²) in [5, 5.41) is 0. The molecule has 1 fully saturated rings. The van der Waals surface area contributed by atoms with Crippen molar-refractivity contribution in [2.75, 3.05) is 5.75 Å². The summed E-state index contributed by atoms with van der Waals surface area (Å²) in [6.07, 6.45) is -0.743. The van der Waals surface area contributed by atoms with E-state index in [1.807, 2.05) is 0 Å². The molecule has 6 heteroatoms. The predicted molar refractivity (Wildman–Crippen MR) is 51.1 cm³/mol. The van der Waals surface area contributed by atoms with Crippen LogP contribution in [-0.2, 0) is 9.05 Å². The molecule has 0 aromatic carbocycles. The lowest BCUT2D eigenvalue weighted by molar-refractivity contribution is -0.168. The van der Waals surface area contributed by atoms with Crippen LogP contribution < -0.4 is 0 Å². The summed E-state index contributed by atoms with van der Waals surface area (Å²) in [6, 6.07) is 0. The number of hydrogen-bond acceptors (Lipinski definition) is 2. The van der Waals surface area contributed by atoms with Crippen molar-refractivity contribution in [3.8, 4) is 0 Å². The highest BCUT2D eigenvalue weighted by atomic mass is 35.7. The van der Waals surface area contributed by atoms with Crippen LogP contribution in [-0.4, -0.2) is 20.1 Å². The van der Waals surface area contributed by atoms with E-state index in [-0.39, 0.29) is 24.5 Å². The first-order valence-corrected chi connectivity index (χ1v) is 6.84. The van der Waals surface area contributed by atoms with Crippen molar-refractivity contribution in [3.63, 3.8) is 0 Å². The molecule has 1 aliphatic carbocycles. The fourth-order valence-corrected chi connectivity index (χ4v) is 3.87. The molecule has 0 heterocycles. The Labute approximate surface area is 87.1 Å². The molecule has 0 spiro atoms. The van der Waals surface area contributed by atoms with Gasteiger partial charge in [-0.3, -0.25) is 0 Å². The first-order chi connectivity index (χ1) is 6.06. The number of halogens is 3. The van der Waals surface area contributed by atoms with Gasteiger partial charge in [-0.15, -0.1) is 0 Å². The fraction of sp³-hybridized carbons (Fsp3) is 1.00. The Morgan fingerprint density at radius 2 is 1.79 bits per heavy atom. The lowest BCUT2D eigenvalue weighted by Crippen LogP contribution is -2.52. The van der Waals surface area contributed by atoms with Crippen LogP contribution in [0.3, 0.4) is 0 Å². The van der Waals surface area contributed by atoms with Gasteiger partial charge in [-0.25, -0.2) is 17.2 Å². The van der Waals surface area contributed by atoms with Gasteiger partial charge in [0.1, 0.15) is 0 Å². The van der Waals surface area contributed by atoms with Crippen LogP contribution in [0.5, 0.6) is 0 Å². The van der Waals surface area contributed by atoms with Gasteiger partial charge in [0, 0.05) is 23.5 Å². The van der Waals surface area contributed by atoms with Crippen molar-refractivity contribution in [1.29, 1.82) is 0 Å². The minimum atomic E-state index is -3.70. The van der Waals surface area contributed by atoms with Crippen molar-refractivity contribution in [1.82, 2.24) is 0 Å². The molecule has 2 nitrogen and oxygen atoms in total. The molecule has 1 saturated carbocycles. The average molecular weight is 247 g/mol.